The number of sulfone groups is 1. The van der Waals surface area contributed by atoms with Gasteiger partial charge in [-0.05, 0) is 12.1 Å². The van der Waals surface area contributed by atoms with Gasteiger partial charge in [-0.25, -0.2) is 18.4 Å². The fraction of sp³-hybridized carbons (Fsp3) is 0.250. The average molecular weight is 366 g/mol. The van der Waals surface area contributed by atoms with Gasteiger partial charge in [0.1, 0.15) is 10.7 Å². The molecule has 0 unspecified atom stereocenters. The number of hydrogen-bond donors (Lipinski definition) is 0. The summed E-state index contributed by atoms with van der Waals surface area (Å²) in [5, 5.41) is 1.10. The fourth-order valence-electron chi connectivity index (χ4n) is 2.64. The van der Waals surface area contributed by atoms with E-state index in [1.54, 1.807) is 26.3 Å². The van der Waals surface area contributed by atoms with Gasteiger partial charge in [-0.3, -0.25) is 0 Å². The molecule has 8 heteroatoms. The van der Waals surface area contributed by atoms with Crippen LogP contribution in [0.15, 0.2) is 35.6 Å². The molecule has 0 bridgehead atoms. The summed E-state index contributed by atoms with van der Waals surface area (Å²) in [4.78, 5) is 8.41. The highest BCUT2D eigenvalue weighted by atomic mass is 35.5. The largest absolute Gasteiger partial charge is 0.479 e. The van der Waals surface area contributed by atoms with Crippen molar-refractivity contribution in [1.82, 2.24) is 14.5 Å². The topological polar surface area (TPSA) is 74.1 Å². The Bertz CT molecular complexity index is 1030. The van der Waals surface area contributed by atoms with Crippen molar-refractivity contribution in [2.45, 2.75) is 11.8 Å². The molecule has 24 heavy (non-hydrogen) atoms. The fourth-order valence-corrected chi connectivity index (χ4v) is 3.69. The van der Waals surface area contributed by atoms with Crippen molar-refractivity contribution in [2.75, 3.05) is 12.9 Å². The van der Waals surface area contributed by atoms with E-state index in [-0.39, 0.29) is 15.8 Å². The molecular formula is C16H16ClN3O3S. The molecule has 3 heterocycles. The van der Waals surface area contributed by atoms with Gasteiger partial charge in [0.15, 0.2) is 9.84 Å². The van der Waals surface area contributed by atoms with Gasteiger partial charge < -0.3 is 9.30 Å². The molecule has 0 N–H and O–H groups in total. The molecule has 3 aromatic rings. The standard InChI is InChI=1S/C16H16ClN3O3S/c1-4-24(21,22)10-7-12(15(17)19-8-10)13-9-20(2)14-11(13)5-6-18-16(14)23-3/h5-9H,4H2,1-3H3. The van der Waals surface area contributed by atoms with E-state index in [1.807, 2.05) is 23.9 Å². The zero-order valence-electron chi connectivity index (χ0n) is 13.4. The SMILES string of the molecule is CCS(=O)(=O)c1cnc(Cl)c(-c2cn(C)c3c(OC)nccc23)c1. The van der Waals surface area contributed by atoms with E-state index in [1.165, 1.54) is 6.20 Å². The Balaban J connectivity index is 2.31. The van der Waals surface area contributed by atoms with Crippen LogP contribution in [0.4, 0.5) is 0 Å². The van der Waals surface area contributed by atoms with Crippen molar-refractivity contribution in [2.24, 2.45) is 7.05 Å². The van der Waals surface area contributed by atoms with E-state index >= 15 is 0 Å². The zero-order chi connectivity index (χ0) is 17.5. The maximum atomic E-state index is 12.1. The van der Waals surface area contributed by atoms with Crippen LogP contribution in [0.3, 0.4) is 0 Å². The number of rotatable bonds is 4. The number of fused-ring (bicyclic) bond motifs is 1. The van der Waals surface area contributed by atoms with Gasteiger partial charge in [0.25, 0.3) is 0 Å². The van der Waals surface area contributed by atoms with Crippen LogP contribution >= 0.6 is 11.6 Å². The number of methoxy groups -OCH3 is 1. The molecule has 3 rings (SSSR count). The van der Waals surface area contributed by atoms with Crippen LogP contribution in [0.25, 0.3) is 22.0 Å². The van der Waals surface area contributed by atoms with Gasteiger partial charge in [0.05, 0.1) is 17.8 Å². The van der Waals surface area contributed by atoms with Crippen molar-refractivity contribution in [3.63, 3.8) is 0 Å². The third-order valence-corrected chi connectivity index (χ3v) is 5.90. The average Bonchev–Trinajstić information content (AvgIpc) is 2.92. The number of aromatic nitrogens is 3. The van der Waals surface area contributed by atoms with E-state index in [0.717, 1.165) is 16.5 Å². The lowest BCUT2D eigenvalue weighted by Crippen LogP contribution is -2.04. The summed E-state index contributed by atoms with van der Waals surface area (Å²) in [5.41, 5.74) is 2.14. The van der Waals surface area contributed by atoms with Gasteiger partial charge in [0, 0.05) is 42.2 Å². The molecule has 0 aromatic carbocycles. The summed E-state index contributed by atoms with van der Waals surface area (Å²) in [5.74, 6) is 0.492. The lowest BCUT2D eigenvalue weighted by Gasteiger charge is -2.07. The Morgan fingerprint density at radius 2 is 2.04 bits per heavy atom. The Morgan fingerprint density at radius 3 is 2.71 bits per heavy atom. The van der Waals surface area contributed by atoms with Gasteiger partial charge in [0.2, 0.25) is 5.88 Å². The van der Waals surface area contributed by atoms with Crippen LogP contribution in [0.2, 0.25) is 5.15 Å². The number of hydrogen-bond acceptors (Lipinski definition) is 5. The van der Waals surface area contributed by atoms with E-state index < -0.39 is 9.84 Å². The maximum Gasteiger partial charge on any atom is 0.238 e. The van der Waals surface area contributed by atoms with Crippen molar-refractivity contribution < 1.29 is 13.2 Å². The second kappa shape index (κ2) is 6.07. The number of aryl methyl sites for hydroxylation is 1. The molecule has 0 aliphatic heterocycles. The Kier molecular flexibility index (Phi) is 4.23. The van der Waals surface area contributed by atoms with Crippen LogP contribution in [0, 0.1) is 0 Å². The maximum absolute atomic E-state index is 12.1. The van der Waals surface area contributed by atoms with Gasteiger partial charge >= 0.3 is 0 Å². The molecule has 0 amide bonds. The third-order valence-electron chi connectivity index (χ3n) is 3.89. The second-order valence-corrected chi connectivity index (χ2v) is 7.92. The Labute approximate surface area is 145 Å². The minimum Gasteiger partial charge on any atom is -0.479 e. The molecule has 0 radical (unpaired) electrons. The number of pyridine rings is 2. The second-order valence-electron chi connectivity index (χ2n) is 5.28. The molecule has 6 nitrogen and oxygen atoms in total. The van der Waals surface area contributed by atoms with E-state index in [4.69, 9.17) is 16.3 Å². The summed E-state index contributed by atoms with van der Waals surface area (Å²) in [7, 11) is 0.0484. The van der Waals surface area contributed by atoms with Crippen LogP contribution in [0.5, 0.6) is 5.88 Å². The highest BCUT2D eigenvalue weighted by Gasteiger charge is 2.19. The Hall–Kier alpha value is -2.12. The first kappa shape index (κ1) is 16.7. The number of nitrogens with zero attached hydrogens (tertiary/aromatic N) is 3. The lowest BCUT2D eigenvalue weighted by molar-refractivity contribution is 0.401. The van der Waals surface area contributed by atoms with Crippen LogP contribution in [-0.4, -0.2) is 35.8 Å². The van der Waals surface area contributed by atoms with Crippen molar-refractivity contribution in [3.8, 4) is 17.0 Å². The number of halogens is 1. The van der Waals surface area contributed by atoms with Gasteiger partial charge in [-0.15, -0.1) is 0 Å². The molecule has 0 atom stereocenters. The lowest BCUT2D eigenvalue weighted by atomic mass is 10.1. The molecule has 0 aliphatic carbocycles. The highest BCUT2D eigenvalue weighted by Crippen LogP contribution is 2.37. The minimum absolute atomic E-state index is 0.00301. The first-order valence-corrected chi connectivity index (χ1v) is 9.28. The van der Waals surface area contributed by atoms with E-state index in [2.05, 4.69) is 9.97 Å². The molecule has 0 spiro atoms. The highest BCUT2D eigenvalue weighted by molar-refractivity contribution is 7.91. The van der Waals surface area contributed by atoms with Crippen LogP contribution in [-0.2, 0) is 16.9 Å². The van der Waals surface area contributed by atoms with Gasteiger partial charge in [-0.2, -0.15) is 0 Å². The summed E-state index contributed by atoms with van der Waals surface area (Å²) in [6.07, 6.45) is 4.79. The predicted octanol–water partition coefficient (Wildman–Crippen LogP) is 3.09. The monoisotopic (exact) mass is 365 g/mol. The zero-order valence-corrected chi connectivity index (χ0v) is 15.0. The summed E-state index contributed by atoms with van der Waals surface area (Å²) >= 11 is 6.25. The molecule has 126 valence electrons. The normalized spacial score (nSPS) is 11.8. The van der Waals surface area contributed by atoms with E-state index in [9.17, 15) is 8.42 Å². The van der Waals surface area contributed by atoms with Gasteiger partial charge in [-0.1, -0.05) is 18.5 Å². The smallest absolute Gasteiger partial charge is 0.238 e. The Morgan fingerprint density at radius 1 is 1.29 bits per heavy atom. The van der Waals surface area contributed by atoms with Crippen LogP contribution in [0.1, 0.15) is 6.92 Å². The molecule has 0 fully saturated rings. The summed E-state index contributed by atoms with van der Waals surface area (Å²) in [6.45, 7) is 1.60. The van der Waals surface area contributed by atoms with Crippen LogP contribution < -0.4 is 4.74 Å². The molecule has 0 saturated carbocycles. The molecule has 0 aliphatic rings. The van der Waals surface area contributed by atoms with Crippen molar-refractivity contribution in [3.05, 3.63) is 35.9 Å². The van der Waals surface area contributed by atoms with Crippen molar-refractivity contribution in [1.29, 1.82) is 0 Å². The molecule has 3 aromatic heterocycles. The van der Waals surface area contributed by atoms with Crippen molar-refractivity contribution >= 4 is 32.3 Å². The summed E-state index contributed by atoms with van der Waals surface area (Å²) < 4.78 is 31.5. The quantitative estimate of drug-likeness (QED) is 0.664. The molecular weight excluding hydrogens is 350 g/mol. The predicted molar refractivity (Wildman–Crippen MR) is 93.2 cm³/mol. The minimum atomic E-state index is -3.37. The number of ether oxygens (including phenoxy) is 1. The first-order chi connectivity index (χ1) is 11.4. The molecule has 0 saturated heterocycles. The summed E-state index contributed by atoms with van der Waals surface area (Å²) in [6, 6.07) is 3.40. The third kappa shape index (κ3) is 2.63. The first-order valence-electron chi connectivity index (χ1n) is 7.25. The van der Waals surface area contributed by atoms with E-state index in [0.29, 0.717) is 11.4 Å².